The fourth-order valence-corrected chi connectivity index (χ4v) is 3.75. The predicted molar refractivity (Wildman–Crippen MR) is 79.0 cm³/mol. The van der Waals surface area contributed by atoms with E-state index in [2.05, 4.69) is 5.10 Å². The van der Waals surface area contributed by atoms with Gasteiger partial charge >= 0.3 is 0 Å². The molecule has 0 saturated heterocycles. The molecule has 108 valence electrons. The molecule has 0 bridgehead atoms. The molecule has 7 heteroatoms. The van der Waals surface area contributed by atoms with Gasteiger partial charge in [-0.25, -0.2) is 8.42 Å². The van der Waals surface area contributed by atoms with Crippen molar-refractivity contribution in [1.82, 2.24) is 9.78 Å². The molecular weight excluding hydrogens is 276 g/mol. The number of aromatic nitrogens is 2. The molecule has 0 radical (unpaired) electrons. The second-order valence-electron chi connectivity index (χ2n) is 4.51. The van der Waals surface area contributed by atoms with Crippen molar-refractivity contribution in [2.24, 2.45) is 7.05 Å². The lowest BCUT2D eigenvalue weighted by molar-refractivity contribution is 0.592. The summed E-state index contributed by atoms with van der Waals surface area (Å²) in [6, 6.07) is 7.34. The Kier molecular flexibility index (Phi) is 3.71. The smallest absolute Gasteiger partial charge is 0.269 e. The summed E-state index contributed by atoms with van der Waals surface area (Å²) < 4.78 is 28.2. The molecule has 1 heterocycles. The zero-order valence-corrected chi connectivity index (χ0v) is 12.6. The molecule has 0 saturated carbocycles. The molecule has 6 nitrogen and oxygen atoms in total. The van der Waals surface area contributed by atoms with Crippen LogP contribution in [0.15, 0.2) is 35.4 Å². The van der Waals surface area contributed by atoms with E-state index in [1.807, 2.05) is 25.1 Å². The maximum absolute atomic E-state index is 12.7. The largest absolute Gasteiger partial charge is 0.381 e. The van der Waals surface area contributed by atoms with Crippen LogP contribution in [0.4, 0.5) is 11.5 Å². The molecule has 1 aromatic carbocycles. The van der Waals surface area contributed by atoms with Crippen LogP contribution in [0.25, 0.3) is 0 Å². The summed E-state index contributed by atoms with van der Waals surface area (Å²) >= 11 is 0. The Hall–Kier alpha value is -2.02. The standard InChI is InChI=1S/C13H18N4O2S/c1-4-17(11-8-6-5-7-10(11)2)20(18,19)12-9-16(3)15-13(12)14/h5-9H,4H2,1-3H3,(H2,14,15). The molecule has 0 fully saturated rings. The van der Waals surface area contributed by atoms with Gasteiger partial charge in [-0.15, -0.1) is 0 Å². The highest BCUT2D eigenvalue weighted by Gasteiger charge is 2.28. The minimum atomic E-state index is -3.71. The first-order valence-corrected chi connectivity index (χ1v) is 7.69. The van der Waals surface area contributed by atoms with Crippen LogP contribution < -0.4 is 10.0 Å². The van der Waals surface area contributed by atoms with Crippen LogP contribution in [0.2, 0.25) is 0 Å². The molecule has 0 aliphatic heterocycles. The molecule has 2 aromatic rings. The number of rotatable bonds is 4. The number of anilines is 2. The molecule has 1 aromatic heterocycles. The lowest BCUT2D eigenvalue weighted by Gasteiger charge is -2.23. The van der Waals surface area contributed by atoms with Crippen molar-refractivity contribution >= 4 is 21.5 Å². The Bertz CT molecular complexity index is 722. The van der Waals surface area contributed by atoms with Crippen LogP contribution in [-0.2, 0) is 17.1 Å². The molecule has 0 atom stereocenters. The summed E-state index contributed by atoms with van der Waals surface area (Å²) in [6.45, 7) is 3.98. The van der Waals surface area contributed by atoms with Crippen molar-refractivity contribution in [3.05, 3.63) is 36.0 Å². The van der Waals surface area contributed by atoms with Crippen molar-refractivity contribution in [1.29, 1.82) is 0 Å². The van der Waals surface area contributed by atoms with Gasteiger partial charge in [0.05, 0.1) is 5.69 Å². The number of para-hydroxylation sites is 1. The first kappa shape index (κ1) is 14.4. The minimum Gasteiger partial charge on any atom is -0.381 e. The first-order valence-electron chi connectivity index (χ1n) is 6.25. The number of nitrogens with zero attached hydrogens (tertiary/aromatic N) is 3. The van der Waals surface area contributed by atoms with Gasteiger partial charge in [-0.1, -0.05) is 18.2 Å². The van der Waals surface area contributed by atoms with E-state index in [4.69, 9.17) is 5.73 Å². The Morgan fingerprint density at radius 3 is 2.50 bits per heavy atom. The monoisotopic (exact) mass is 294 g/mol. The summed E-state index contributed by atoms with van der Waals surface area (Å²) in [6.07, 6.45) is 1.42. The molecule has 0 unspecified atom stereocenters. The van der Waals surface area contributed by atoms with Gasteiger partial charge in [0.25, 0.3) is 10.0 Å². The lowest BCUT2D eigenvalue weighted by atomic mass is 10.2. The number of nitrogens with two attached hydrogens (primary N) is 1. The SMILES string of the molecule is CCN(c1ccccc1C)S(=O)(=O)c1cn(C)nc1N. The van der Waals surface area contributed by atoms with E-state index in [1.165, 1.54) is 15.2 Å². The van der Waals surface area contributed by atoms with E-state index >= 15 is 0 Å². The van der Waals surface area contributed by atoms with Gasteiger partial charge < -0.3 is 5.73 Å². The quantitative estimate of drug-likeness (QED) is 0.927. The average Bonchev–Trinajstić information content (AvgIpc) is 2.72. The topological polar surface area (TPSA) is 81.2 Å². The first-order chi connectivity index (χ1) is 9.37. The zero-order chi connectivity index (χ0) is 14.9. The van der Waals surface area contributed by atoms with Gasteiger partial charge in [0.1, 0.15) is 4.90 Å². The molecule has 0 spiro atoms. The maximum Gasteiger partial charge on any atom is 0.269 e. The number of nitrogen functional groups attached to an aromatic ring is 1. The zero-order valence-electron chi connectivity index (χ0n) is 11.7. The fourth-order valence-electron chi connectivity index (χ4n) is 2.11. The molecule has 0 amide bonds. The van der Waals surface area contributed by atoms with Crippen LogP contribution in [0.1, 0.15) is 12.5 Å². The Labute approximate surface area is 118 Å². The van der Waals surface area contributed by atoms with E-state index in [9.17, 15) is 8.42 Å². The molecular formula is C13H18N4O2S. The number of hydrogen-bond acceptors (Lipinski definition) is 4. The number of sulfonamides is 1. The highest BCUT2D eigenvalue weighted by atomic mass is 32.2. The second kappa shape index (κ2) is 5.16. The fraction of sp³-hybridized carbons (Fsp3) is 0.308. The van der Waals surface area contributed by atoms with Crippen LogP contribution in [0.3, 0.4) is 0 Å². The van der Waals surface area contributed by atoms with Gasteiger partial charge in [0.15, 0.2) is 5.82 Å². The van der Waals surface area contributed by atoms with Gasteiger partial charge in [0, 0.05) is 19.8 Å². The van der Waals surface area contributed by atoms with E-state index in [0.717, 1.165) is 5.56 Å². The number of benzene rings is 1. The summed E-state index contributed by atoms with van der Waals surface area (Å²) in [5.41, 5.74) is 7.24. The third kappa shape index (κ3) is 2.36. The van der Waals surface area contributed by atoms with Gasteiger partial charge in [-0.05, 0) is 25.5 Å². The van der Waals surface area contributed by atoms with Crippen LogP contribution >= 0.6 is 0 Å². The van der Waals surface area contributed by atoms with Gasteiger partial charge in [0.2, 0.25) is 0 Å². The molecule has 20 heavy (non-hydrogen) atoms. The summed E-state index contributed by atoms with van der Waals surface area (Å²) in [5.74, 6) is 0.0135. The van der Waals surface area contributed by atoms with E-state index in [1.54, 1.807) is 20.0 Å². The Balaban J connectivity index is 2.57. The van der Waals surface area contributed by atoms with E-state index < -0.39 is 10.0 Å². The van der Waals surface area contributed by atoms with Crippen LogP contribution in [0.5, 0.6) is 0 Å². The van der Waals surface area contributed by atoms with Crippen molar-refractivity contribution in [3.8, 4) is 0 Å². The lowest BCUT2D eigenvalue weighted by Crippen LogP contribution is -2.31. The van der Waals surface area contributed by atoms with Gasteiger partial charge in [-0.2, -0.15) is 5.10 Å². The third-order valence-corrected chi connectivity index (χ3v) is 4.97. The molecule has 2 N–H and O–H groups in total. The van der Waals surface area contributed by atoms with E-state index in [-0.39, 0.29) is 10.7 Å². The van der Waals surface area contributed by atoms with Crippen molar-refractivity contribution in [2.45, 2.75) is 18.7 Å². The van der Waals surface area contributed by atoms with Crippen molar-refractivity contribution < 1.29 is 8.42 Å². The van der Waals surface area contributed by atoms with Crippen LogP contribution in [0, 0.1) is 6.92 Å². The number of aryl methyl sites for hydroxylation is 2. The highest BCUT2D eigenvalue weighted by Crippen LogP contribution is 2.28. The predicted octanol–water partition coefficient (Wildman–Crippen LogP) is 1.53. The molecule has 2 rings (SSSR count). The van der Waals surface area contributed by atoms with Crippen LogP contribution in [-0.4, -0.2) is 24.7 Å². The van der Waals surface area contributed by atoms with Gasteiger partial charge in [-0.3, -0.25) is 8.99 Å². The maximum atomic E-state index is 12.7. The molecule has 0 aliphatic carbocycles. The Morgan fingerprint density at radius 2 is 2.00 bits per heavy atom. The van der Waals surface area contributed by atoms with E-state index in [0.29, 0.717) is 12.2 Å². The summed E-state index contributed by atoms with van der Waals surface area (Å²) in [5, 5.41) is 3.90. The highest BCUT2D eigenvalue weighted by molar-refractivity contribution is 7.93. The van der Waals surface area contributed by atoms with Crippen molar-refractivity contribution in [2.75, 3.05) is 16.6 Å². The number of hydrogen-bond donors (Lipinski definition) is 1. The minimum absolute atomic E-state index is 0.0135. The molecule has 0 aliphatic rings. The second-order valence-corrected chi connectivity index (χ2v) is 6.34. The average molecular weight is 294 g/mol. The van der Waals surface area contributed by atoms with Crippen molar-refractivity contribution in [3.63, 3.8) is 0 Å². The Morgan fingerprint density at radius 1 is 1.35 bits per heavy atom. The summed E-state index contributed by atoms with van der Waals surface area (Å²) in [7, 11) is -2.07. The normalized spacial score (nSPS) is 11.6. The summed E-state index contributed by atoms with van der Waals surface area (Å²) in [4.78, 5) is 0.0325. The third-order valence-electron chi connectivity index (χ3n) is 3.06.